The quantitative estimate of drug-likeness (QED) is 0.718. The molecule has 0 aliphatic heterocycles. The van der Waals surface area contributed by atoms with Gasteiger partial charge in [0.25, 0.3) is 0 Å². The molecule has 0 aliphatic carbocycles. The number of rotatable bonds is 4. The van der Waals surface area contributed by atoms with Crippen molar-refractivity contribution in [1.82, 2.24) is 5.32 Å². The van der Waals surface area contributed by atoms with Crippen molar-refractivity contribution in [2.24, 2.45) is 0 Å². The molecular formula is C11H21NO5. The topological polar surface area (TPSA) is 84.9 Å². The van der Waals surface area contributed by atoms with Gasteiger partial charge >= 0.3 is 12.1 Å². The lowest BCUT2D eigenvalue weighted by atomic mass is 10.2. The van der Waals surface area contributed by atoms with Crippen LogP contribution in [0.4, 0.5) is 4.79 Å². The van der Waals surface area contributed by atoms with Crippen molar-refractivity contribution in [1.29, 1.82) is 0 Å². The van der Waals surface area contributed by atoms with Gasteiger partial charge in [0.05, 0.1) is 12.6 Å². The summed E-state index contributed by atoms with van der Waals surface area (Å²) in [5.41, 5.74) is -0.626. The molecular weight excluding hydrogens is 226 g/mol. The minimum atomic E-state index is -1.40. The fourth-order valence-corrected chi connectivity index (χ4v) is 1.00. The first-order valence-electron chi connectivity index (χ1n) is 5.51. The SMILES string of the molecule is CCOC(=O)C(O)C(C)NC(=O)OC(C)(C)C. The standard InChI is InChI=1S/C11H21NO5/c1-6-16-9(14)8(13)7(2)12-10(15)17-11(3,4)5/h7-8,13H,6H2,1-5H3,(H,12,15). The van der Waals surface area contributed by atoms with E-state index >= 15 is 0 Å². The fraction of sp³-hybridized carbons (Fsp3) is 0.818. The number of carbonyl (C=O) groups is 2. The highest BCUT2D eigenvalue weighted by Gasteiger charge is 2.26. The van der Waals surface area contributed by atoms with Gasteiger partial charge in [-0.25, -0.2) is 9.59 Å². The summed E-state index contributed by atoms with van der Waals surface area (Å²) < 4.78 is 9.61. The monoisotopic (exact) mass is 247 g/mol. The Hall–Kier alpha value is -1.30. The number of esters is 1. The van der Waals surface area contributed by atoms with Crippen LogP contribution in [0.15, 0.2) is 0 Å². The van der Waals surface area contributed by atoms with Gasteiger partial charge in [-0.05, 0) is 34.6 Å². The molecule has 2 N–H and O–H groups in total. The third-order valence-electron chi connectivity index (χ3n) is 1.75. The predicted molar refractivity (Wildman–Crippen MR) is 61.5 cm³/mol. The lowest BCUT2D eigenvalue weighted by Gasteiger charge is -2.23. The number of alkyl carbamates (subject to hydrolysis) is 1. The van der Waals surface area contributed by atoms with E-state index in [1.165, 1.54) is 6.92 Å². The second-order valence-corrected chi connectivity index (χ2v) is 4.63. The molecule has 0 bridgehead atoms. The van der Waals surface area contributed by atoms with E-state index in [9.17, 15) is 14.7 Å². The molecule has 0 saturated heterocycles. The van der Waals surface area contributed by atoms with Gasteiger partial charge in [-0.1, -0.05) is 0 Å². The predicted octanol–water partition coefficient (Wildman–Crippen LogP) is 0.824. The van der Waals surface area contributed by atoms with Crippen LogP contribution in [0, 0.1) is 0 Å². The number of amides is 1. The van der Waals surface area contributed by atoms with Gasteiger partial charge in [-0.15, -0.1) is 0 Å². The maximum Gasteiger partial charge on any atom is 0.407 e. The van der Waals surface area contributed by atoms with Gasteiger partial charge < -0.3 is 19.9 Å². The van der Waals surface area contributed by atoms with Gasteiger partial charge in [-0.2, -0.15) is 0 Å². The first kappa shape index (κ1) is 15.7. The van der Waals surface area contributed by atoms with E-state index in [1.54, 1.807) is 27.7 Å². The van der Waals surface area contributed by atoms with Gasteiger partial charge in [0, 0.05) is 0 Å². The first-order chi connectivity index (χ1) is 7.67. The lowest BCUT2D eigenvalue weighted by Crippen LogP contribution is -2.47. The molecule has 0 aromatic carbocycles. The van der Waals surface area contributed by atoms with Crippen molar-refractivity contribution in [2.75, 3.05) is 6.61 Å². The van der Waals surface area contributed by atoms with Crippen molar-refractivity contribution in [3.63, 3.8) is 0 Å². The largest absolute Gasteiger partial charge is 0.464 e. The summed E-state index contributed by atoms with van der Waals surface area (Å²) in [6.45, 7) is 8.47. The van der Waals surface area contributed by atoms with Crippen molar-refractivity contribution >= 4 is 12.1 Å². The molecule has 0 radical (unpaired) electrons. The molecule has 6 nitrogen and oxygen atoms in total. The molecule has 6 heteroatoms. The Morgan fingerprint density at radius 2 is 1.88 bits per heavy atom. The molecule has 0 heterocycles. The number of ether oxygens (including phenoxy) is 2. The Balaban J connectivity index is 4.20. The Morgan fingerprint density at radius 3 is 2.29 bits per heavy atom. The zero-order valence-corrected chi connectivity index (χ0v) is 10.9. The van der Waals surface area contributed by atoms with Crippen molar-refractivity contribution < 1.29 is 24.2 Å². The summed E-state index contributed by atoms with van der Waals surface area (Å²) in [5, 5.41) is 11.9. The fourth-order valence-electron chi connectivity index (χ4n) is 1.00. The van der Waals surface area contributed by atoms with Gasteiger partial charge in [0.2, 0.25) is 0 Å². The van der Waals surface area contributed by atoms with Crippen molar-refractivity contribution in [2.45, 2.75) is 52.4 Å². The minimum absolute atomic E-state index is 0.176. The van der Waals surface area contributed by atoms with Gasteiger partial charge in [0.15, 0.2) is 6.10 Å². The molecule has 1 amide bonds. The summed E-state index contributed by atoms with van der Waals surface area (Å²) in [6, 6.07) is -0.774. The highest BCUT2D eigenvalue weighted by atomic mass is 16.6. The van der Waals surface area contributed by atoms with Crippen LogP contribution in [-0.4, -0.2) is 41.5 Å². The molecule has 0 aromatic heterocycles. The zero-order valence-electron chi connectivity index (χ0n) is 10.9. The number of hydrogen-bond donors (Lipinski definition) is 2. The number of carbonyl (C=O) groups excluding carboxylic acids is 2. The van der Waals surface area contributed by atoms with Crippen LogP contribution >= 0.6 is 0 Å². The van der Waals surface area contributed by atoms with Crippen LogP contribution in [0.2, 0.25) is 0 Å². The molecule has 2 unspecified atom stereocenters. The van der Waals surface area contributed by atoms with Crippen LogP contribution in [0.25, 0.3) is 0 Å². The number of aliphatic hydroxyl groups is 1. The third kappa shape index (κ3) is 6.78. The van der Waals surface area contributed by atoms with E-state index in [0.29, 0.717) is 0 Å². The van der Waals surface area contributed by atoms with Crippen LogP contribution in [0.3, 0.4) is 0 Å². The summed E-state index contributed by atoms with van der Waals surface area (Å²) >= 11 is 0. The Kier molecular flexibility index (Phi) is 5.95. The van der Waals surface area contributed by atoms with Crippen LogP contribution in [0.5, 0.6) is 0 Å². The van der Waals surface area contributed by atoms with Crippen molar-refractivity contribution in [3.05, 3.63) is 0 Å². The average molecular weight is 247 g/mol. The molecule has 0 spiro atoms. The molecule has 2 atom stereocenters. The van der Waals surface area contributed by atoms with E-state index in [1.807, 2.05) is 0 Å². The zero-order chi connectivity index (χ0) is 13.6. The smallest absolute Gasteiger partial charge is 0.407 e. The Morgan fingerprint density at radius 1 is 1.35 bits per heavy atom. The highest BCUT2D eigenvalue weighted by Crippen LogP contribution is 2.07. The summed E-state index contributed by atoms with van der Waals surface area (Å²) in [7, 11) is 0. The second kappa shape index (κ2) is 6.44. The second-order valence-electron chi connectivity index (χ2n) is 4.63. The first-order valence-corrected chi connectivity index (χ1v) is 5.51. The van der Waals surface area contributed by atoms with Gasteiger partial charge in [-0.3, -0.25) is 0 Å². The molecule has 17 heavy (non-hydrogen) atoms. The van der Waals surface area contributed by atoms with Gasteiger partial charge in [0.1, 0.15) is 5.60 Å². The average Bonchev–Trinajstić information content (AvgIpc) is 2.13. The molecule has 0 aliphatic rings. The number of aliphatic hydroxyl groups excluding tert-OH is 1. The molecule has 0 rings (SSSR count). The molecule has 0 aromatic rings. The number of nitrogens with one attached hydrogen (secondary N) is 1. The van der Waals surface area contributed by atoms with E-state index < -0.39 is 29.8 Å². The van der Waals surface area contributed by atoms with E-state index in [4.69, 9.17) is 4.74 Å². The van der Waals surface area contributed by atoms with Crippen LogP contribution in [-0.2, 0) is 14.3 Å². The summed E-state index contributed by atoms with van der Waals surface area (Å²) in [4.78, 5) is 22.5. The minimum Gasteiger partial charge on any atom is -0.464 e. The van der Waals surface area contributed by atoms with E-state index in [0.717, 1.165) is 0 Å². The van der Waals surface area contributed by atoms with E-state index in [-0.39, 0.29) is 6.61 Å². The summed E-state index contributed by atoms with van der Waals surface area (Å²) in [6.07, 6.45) is -2.09. The Bertz CT molecular complexity index is 272. The van der Waals surface area contributed by atoms with E-state index in [2.05, 4.69) is 10.1 Å². The molecule has 0 fully saturated rings. The molecule has 100 valence electrons. The van der Waals surface area contributed by atoms with Crippen molar-refractivity contribution in [3.8, 4) is 0 Å². The lowest BCUT2D eigenvalue weighted by molar-refractivity contribution is -0.154. The summed E-state index contributed by atoms with van der Waals surface area (Å²) in [5.74, 6) is -0.768. The van der Waals surface area contributed by atoms with Crippen LogP contribution in [0.1, 0.15) is 34.6 Å². The molecule has 0 saturated carbocycles. The maximum absolute atomic E-state index is 11.4. The van der Waals surface area contributed by atoms with Crippen LogP contribution < -0.4 is 5.32 Å². The normalized spacial score (nSPS) is 14.7. The number of hydrogen-bond acceptors (Lipinski definition) is 5. The maximum atomic E-state index is 11.4. The Labute approximate surface area is 101 Å². The highest BCUT2D eigenvalue weighted by molar-refractivity contribution is 5.76. The third-order valence-corrected chi connectivity index (χ3v) is 1.75.